The van der Waals surface area contributed by atoms with Crippen LogP contribution in [0, 0.1) is 5.82 Å². The lowest BCUT2D eigenvalue weighted by Crippen LogP contribution is -2.50. The fourth-order valence-electron chi connectivity index (χ4n) is 3.35. The second-order valence-corrected chi connectivity index (χ2v) is 9.22. The molecule has 0 radical (unpaired) electrons. The lowest BCUT2D eigenvalue weighted by atomic mass is 10.1. The average molecular weight is 556 g/mol. The third-order valence-corrected chi connectivity index (χ3v) is 7.01. The smallest absolute Gasteiger partial charge is 0.214 e. The monoisotopic (exact) mass is 556 g/mol. The van der Waals surface area contributed by atoms with Crippen molar-refractivity contribution in [2.24, 2.45) is 4.99 Å². The van der Waals surface area contributed by atoms with E-state index in [1.54, 1.807) is 23.5 Å². The van der Waals surface area contributed by atoms with Crippen LogP contribution in [0.15, 0.2) is 29.3 Å². The van der Waals surface area contributed by atoms with E-state index in [4.69, 9.17) is 4.74 Å². The number of halogens is 2. The van der Waals surface area contributed by atoms with Gasteiger partial charge in [0, 0.05) is 32.8 Å². The van der Waals surface area contributed by atoms with Gasteiger partial charge in [0.1, 0.15) is 11.9 Å². The van der Waals surface area contributed by atoms with Gasteiger partial charge >= 0.3 is 0 Å². The summed E-state index contributed by atoms with van der Waals surface area (Å²) in [5.41, 5.74) is 0.864. The molecule has 0 saturated carbocycles. The van der Waals surface area contributed by atoms with E-state index in [1.165, 1.54) is 12.1 Å². The fraction of sp³-hybridized carbons (Fsp3) is 0.650. The first kappa shape index (κ1) is 27.1. The Morgan fingerprint density at radius 3 is 2.43 bits per heavy atom. The first-order valence-corrected chi connectivity index (χ1v) is 11.8. The zero-order valence-corrected chi connectivity index (χ0v) is 21.1. The maximum absolute atomic E-state index is 13.1. The fourth-order valence-corrected chi connectivity index (χ4v) is 4.89. The normalized spacial score (nSPS) is 17.3. The second kappa shape index (κ2) is 13.4. The third-order valence-electron chi connectivity index (χ3n) is 4.94. The van der Waals surface area contributed by atoms with E-state index < -0.39 is 10.0 Å². The van der Waals surface area contributed by atoms with Crippen LogP contribution in [0.4, 0.5) is 4.39 Å². The van der Waals surface area contributed by atoms with Crippen molar-refractivity contribution in [3.63, 3.8) is 0 Å². The lowest BCUT2D eigenvalue weighted by Gasteiger charge is -2.32. The van der Waals surface area contributed by atoms with Crippen LogP contribution in [0.2, 0.25) is 0 Å². The van der Waals surface area contributed by atoms with Crippen LogP contribution >= 0.6 is 24.0 Å². The van der Waals surface area contributed by atoms with Gasteiger partial charge in [-0.05, 0) is 43.9 Å². The Kier molecular flexibility index (Phi) is 12.1. The molecule has 0 aromatic heterocycles. The molecule has 0 amide bonds. The minimum Gasteiger partial charge on any atom is -0.375 e. The number of hydrogen-bond acceptors (Lipinski definition) is 4. The van der Waals surface area contributed by atoms with Gasteiger partial charge in [-0.25, -0.2) is 17.1 Å². The molecule has 0 aliphatic carbocycles. The van der Waals surface area contributed by atoms with E-state index in [2.05, 4.69) is 15.6 Å². The predicted molar refractivity (Wildman–Crippen MR) is 129 cm³/mol. The standard InChI is InChI=1S/C20H33FN4O3S.HI/c1-4-14-29(26,27)25-12-10-18(11-13-25)24-20(22-5-2)23-15-19(28-3)16-6-8-17(21)9-7-16;/h6-9,18-19H,4-5,10-15H2,1-3H3,(H2,22,23,24);1H. The van der Waals surface area contributed by atoms with Crippen molar-refractivity contribution in [3.05, 3.63) is 35.6 Å². The van der Waals surface area contributed by atoms with E-state index in [9.17, 15) is 12.8 Å². The third kappa shape index (κ3) is 8.27. The molecule has 10 heteroatoms. The molecule has 1 atom stereocenters. The molecule has 1 saturated heterocycles. The van der Waals surface area contributed by atoms with Crippen molar-refractivity contribution in [2.75, 3.05) is 39.0 Å². The molecule has 1 aromatic carbocycles. The molecule has 1 heterocycles. The van der Waals surface area contributed by atoms with Gasteiger partial charge in [0.15, 0.2) is 5.96 Å². The topological polar surface area (TPSA) is 83.0 Å². The van der Waals surface area contributed by atoms with Crippen LogP contribution in [-0.2, 0) is 14.8 Å². The van der Waals surface area contributed by atoms with Gasteiger partial charge in [-0.3, -0.25) is 4.99 Å². The molecule has 1 aliphatic rings. The highest BCUT2D eigenvalue weighted by molar-refractivity contribution is 14.0. The van der Waals surface area contributed by atoms with Gasteiger partial charge in [-0.2, -0.15) is 0 Å². The van der Waals surface area contributed by atoms with Crippen molar-refractivity contribution in [1.29, 1.82) is 0 Å². The Balaban J connectivity index is 0.00000450. The molecule has 1 unspecified atom stereocenters. The summed E-state index contributed by atoms with van der Waals surface area (Å²) in [6, 6.07) is 6.38. The molecular formula is C20H34FIN4O3S. The summed E-state index contributed by atoms with van der Waals surface area (Å²) in [5.74, 6) is 0.595. The first-order valence-electron chi connectivity index (χ1n) is 10.2. The van der Waals surface area contributed by atoms with Crippen LogP contribution in [0.3, 0.4) is 0 Å². The molecule has 7 nitrogen and oxygen atoms in total. The molecule has 0 bridgehead atoms. The molecule has 30 heavy (non-hydrogen) atoms. The van der Waals surface area contributed by atoms with Crippen molar-refractivity contribution in [3.8, 4) is 0 Å². The number of nitrogens with zero attached hydrogens (tertiary/aromatic N) is 2. The quantitative estimate of drug-likeness (QED) is 0.278. The highest BCUT2D eigenvalue weighted by Crippen LogP contribution is 2.18. The van der Waals surface area contributed by atoms with Gasteiger partial charge in [0.05, 0.1) is 12.3 Å². The number of rotatable bonds is 9. The molecule has 1 aliphatic heterocycles. The molecule has 2 rings (SSSR count). The van der Waals surface area contributed by atoms with Gasteiger partial charge in [0.25, 0.3) is 0 Å². The van der Waals surface area contributed by atoms with Gasteiger partial charge in [-0.1, -0.05) is 19.1 Å². The number of benzene rings is 1. The highest BCUT2D eigenvalue weighted by Gasteiger charge is 2.27. The molecule has 0 spiro atoms. The Labute approximate surface area is 196 Å². The number of ether oxygens (including phenoxy) is 1. The maximum atomic E-state index is 13.1. The number of piperidine rings is 1. The van der Waals surface area contributed by atoms with Gasteiger partial charge in [-0.15, -0.1) is 24.0 Å². The Hall–Kier alpha value is -0.980. The summed E-state index contributed by atoms with van der Waals surface area (Å²) < 4.78 is 44.7. The van der Waals surface area contributed by atoms with E-state index >= 15 is 0 Å². The summed E-state index contributed by atoms with van der Waals surface area (Å²) in [5, 5.41) is 6.63. The first-order chi connectivity index (χ1) is 13.9. The number of methoxy groups -OCH3 is 1. The zero-order valence-electron chi connectivity index (χ0n) is 17.9. The molecule has 2 N–H and O–H groups in total. The predicted octanol–water partition coefficient (Wildman–Crippen LogP) is 2.89. The summed E-state index contributed by atoms with van der Waals surface area (Å²) in [7, 11) is -1.53. The SMILES string of the molecule is CCCS(=O)(=O)N1CCC(NC(=NCC(OC)c2ccc(F)cc2)NCC)CC1.I. The molecule has 1 aromatic rings. The van der Waals surface area contributed by atoms with Gasteiger partial charge < -0.3 is 15.4 Å². The van der Waals surface area contributed by atoms with Crippen LogP contribution in [-0.4, -0.2) is 63.8 Å². The second-order valence-electron chi connectivity index (χ2n) is 7.13. The zero-order chi connectivity index (χ0) is 21.3. The van der Waals surface area contributed by atoms with Crippen LogP contribution in [0.25, 0.3) is 0 Å². The Morgan fingerprint density at radius 2 is 1.90 bits per heavy atom. The minimum absolute atomic E-state index is 0. The van der Waals surface area contributed by atoms with Crippen LogP contribution in [0.5, 0.6) is 0 Å². The van der Waals surface area contributed by atoms with Crippen molar-refractivity contribution in [2.45, 2.75) is 45.3 Å². The van der Waals surface area contributed by atoms with Crippen molar-refractivity contribution in [1.82, 2.24) is 14.9 Å². The number of nitrogens with one attached hydrogen (secondary N) is 2. The van der Waals surface area contributed by atoms with E-state index in [1.807, 2.05) is 13.8 Å². The number of aliphatic imine (C=N–C) groups is 1. The number of hydrogen-bond donors (Lipinski definition) is 2. The van der Waals surface area contributed by atoms with E-state index in [0.717, 1.165) is 18.4 Å². The number of sulfonamides is 1. The van der Waals surface area contributed by atoms with Crippen molar-refractivity contribution >= 4 is 40.0 Å². The maximum Gasteiger partial charge on any atom is 0.214 e. The summed E-state index contributed by atoms with van der Waals surface area (Å²) >= 11 is 0. The summed E-state index contributed by atoms with van der Waals surface area (Å²) in [6.45, 7) is 6.02. The largest absolute Gasteiger partial charge is 0.375 e. The minimum atomic E-state index is -3.14. The van der Waals surface area contributed by atoms with E-state index in [-0.39, 0.29) is 47.7 Å². The molecule has 1 fully saturated rings. The Bertz CT molecular complexity index is 754. The van der Waals surface area contributed by atoms with Crippen LogP contribution in [0.1, 0.15) is 44.8 Å². The van der Waals surface area contributed by atoms with Crippen molar-refractivity contribution < 1.29 is 17.5 Å². The van der Waals surface area contributed by atoms with Crippen LogP contribution < -0.4 is 10.6 Å². The van der Waals surface area contributed by atoms with Gasteiger partial charge in [0.2, 0.25) is 10.0 Å². The molecule has 172 valence electrons. The summed E-state index contributed by atoms with van der Waals surface area (Å²) in [4.78, 5) is 4.62. The highest BCUT2D eigenvalue weighted by atomic mass is 127. The lowest BCUT2D eigenvalue weighted by molar-refractivity contribution is 0.111. The average Bonchev–Trinajstić information content (AvgIpc) is 2.70. The summed E-state index contributed by atoms with van der Waals surface area (Å²) in [6.07, 6.45) is 1.83. The Morgan fingerprint density at radius 1 is 1.27 bits per heavy atom. The molecular weight excluding hydrogens is 522 g/mol. The van der Waals surface area contributed by atoms with E-state index in [0.29, 0.717) is 38.6 Å². The number of guanidine groups is 1.